The summed E-state index contributed by atoms with van der Waals surface area (Å²) in [5, 5.41) is 14.8. The fourth-order valence-electron chi connectivity index (χ4n) is 3.70. The highest BCUT2D eigenvalue weighted by atomic mass is 16.6. The molecule has 0 saturated carbocycles. The minimum Gasteiger partial charge on any atom is -0.507 e. The molecule has 1 fully saturated rings. The summed E-state index contributed by atoms with van der Waals surface area (Å²) in [5.74, 6) is -4.43. The summed E-state index contributed by atoms with van der Waals surface area (Å²) < 4.78 is 10.7. The largest absolute Gasteiger partial charge is 0.552 e. The van der Waals surface area contributed by atoms with Crippen LogP contribution in [0, 0.1) is 5.92 Å². The van der Waals surface area contributed by atoms with Crippen LogP contribution in [0.1, 0.15) is 36.3 Å². The zero-order valence-corrected chi connectivity index (χ0v) is 19.9. The number of aliphatic carboxylic acids is 1. The van der Waals surface area contributed by atoms with Gasteiger partial charge in [-0.1, -0.05) is 44.2 Å². The first-order chi connectivity index (χ1) is 17.2. The molecule has 2 aromatic rings. The standard InChI is InChI=1S/C23H28BN5O7/c1-13(2)10-17(24-35-19(22(32)33)18(25)23(34)36-24)29-20(30)15(11-14-6-4-3-5-7-14)28-21(31)16-12-26-8-9-27-16/h3-9,12-13,15,17-19H,10-11,25H2,1-2H3,(H,28,31)(H,29,30)(H,32,33)/t15?,17-,18-,19+/m0/s1. The Morgan fingerprint density at radius 1 is 1.17 bits per heavy atom. The maximum absolute atomic E-state index is 13.4. The van der Waals surface area contributed by atoms with Gasteiger partial charge in [-0.25, -0.2) is 9.78 Å². The van der Waals surface area contributed by atoms with E-state index >= 15 is 0 Å². The second-order valence-electron chi connectivity index (χ2n) is 8.78. The van der Waals surface area contributed by atoms with Gasteiger partial charge in [0.25, 0.3) is 5.91 Å². The third-order valence-corrected chi connectivity index (χ3v) is 5.44. The molecule has 5 N–H and O–H groups in total. The number of hydrogen-bond donors (Lipinski definition) is 4. The monoisotopic (exact) mass is 497 g/mol. The Labute approximate surface area is 208 Å². The van der Waals surface area contributed by atoms with Gasteiger partial charge >= 0.3 is 19.1 Å². The zero-order chi connectivity index (χ0) is 26.2. The predicted molar refractivity (Wildman–Crippen MR) is 127 cm³/mol. The molecule has 2 amide bonds. The molecule has 12 nitrogen and oxygen atoms in total. The summed E-state index contributed by atoms with van der Waals surface area (Å²) in [7, 11) is -1.38. The molecule has 4 atom stereocenters. The van der Waals surface area contributed by atoms with Crippen LogP contribution in [0.3, 0.4) is 0 Å². The summed E-state index contributed by atoms with van der Waals surface area (Å²) in [5.41, 5.74) is 6.43. The molecule has 0 bridgehead atoms. The normalized spacial score (nSPS) is 19.2. The Morgan fingerprint density at radius 3 is 2.50 bits per heavy atom. The molecule has 190 valence electrons. The third kappa shape index (κ3) is 7.09. The maximum atomic E-state index is 13.4. The molecule has 0 spiro atoms. The van der Waals surface area contributed by atoms with Crippen molar-refractivity contribution in [3.8, 4) is 0 Å². The summed E-state index contributed by atoms with van der Waals surface area (Å²) in [4.78, 5) is 57.7. The minimum atomic E-state index is -1.63. The number of carbonyl (C=O) groups excluding carboxylic acids is 3. The molecule has 3 rings (SSSR count). The first kappa shape index (κ1) is 26.8. The Bertz CT molecular complexity index is 1070. The van der Waals surface area contributed by atoms with Gasteiger partial charge in [0.15, 0.2) is 6.10 Å². The van der Waals surface area contributed by atoms with Gasteiger partial charge in [0, 0.05) is 18.8 Å². The number of rotatable bonds is 10. The number of aromatic nitrogens is 2. The predicted octanol–water partition coefficient (Wildman–Crippen LogP) is -0.270. The highest BCUT2D eigenvalue weighted by Gasteiger charge is 2.48. The average molecular weight is 497 g/mol. The second-order valence-corrected chi connectivity index (χ2v) is 8.78. The Kier molecular flexibility index (Phi) is 9.09. The summed E-state index contributed by atoms with van der Waals surface area (Å²) >= 11 is 0. The molecular formula is C23H28BN5O7. The second kappa shape index (κ2) is 12.2. The van der Waals surface area contributed by atoms with E-state index in [4.69, 9.17) is 15.0 Å². The number of nitrogens with one attached hydrogen (secondary N) is 2. The van der Waals surface area contributed by atoms with Crippen molar-refractivity contribution in [2.24, 2.45) is 11.7 Å². The Morgan fingerprint density at radius 2 is 1.89 bits per heavy atom. The van der Waals surface area contributed by atoms with Crippen molar-refractivity contribution in [2.45, 2.75) is 50.8 Å². The topological polar surface area (TPSA) is 183 Å². The van der Waals surface area contributed by atoms with Crippen molar-refractivity contribution in [3.05, 3.63) is 60.2 Å². The molecule has 1 saturated heterocycles. The van der Waals surface area contributed by atoms with Crippen LogP contribution in [0.15, 0.2) is 48.9 Å². The Hall–Kier alpha value is -3.84. The smallest absolute Gasteiger partial charge is 0.507 e. The molecule has 1 aromatic heterocycles. The van der Waals surface area contributed by atoms with Crippen molar-refractivity contribution < 1.29 is 33.6 Å². The summed E-state index contributed by atoms with van der Waals surface area (Å²) in [6, 6.07) is 6.53. The SMILES string of the molecule is CC(C)C[C@H](NC(=O)C(Cc1ccccc1)NC(=O)c1cnccn1)B1OC(=O)[C@@H](N)[C@H](C(=O)O)O1. The number of amides is 2. The van der Waals surface area contributed by atoms with E-state index in [0.717, 1.165) is 5.56 Å². The van der Waals surface area contributed by atoms with Gasteiger partial charge in [0.2, 0.25) is 5.91 Å². The van der Waals surface area contributed by atoms with Crippen molar-refractivity contribution in [1.29, 1.82) is 0 Å². The van der Waals surface area contributed by atoms with E-state index in [1.807, 2.05) is 32.0 Å². The molecule has 1 aliphatic rings. The van der Waals surface area contributed by atoms with Gasteiger partial charge in [-0.05, 0) is 17.9 Å². The van der Waals surface area contributed by atoms with E-state index in [0.29, 0.717) is 6.42 Å². The van der Waals surface area contributed by atoms with Gasteiger partial charge < -0.3 is 30.8 Å². The van der Waals surface area contributed by atoms with Crippen LogP contribution in [0.2, 0.25) is 0 Å². The summed E-state index contributed by atoms with van der Waals surface area (Å²) in [6.07, 6.45) is 2.88. The van der Waals surface area contributed by atoms with Crippen molar-refractivity contribution in [1.82, 2.24) is 20.6 Å². The third-order valence-electron chi connectivity index (χ3n) is 5.44. The summed E-state index contributed by atoms with van der Waals surface area (Å²) in [6.45, 7) is 3.75. The van der Waals surface area contributed by atoms with Gasteiger partial charge in [0.1, 0.15) is 17.8 Å². The fraction of sp³-hybridized carbons (Fsp3) is 0.391. The van der Waals surface area contributed by atoms with Crippen molar-refractivity contribution in [2.75, 3.05) is 0 Å². The lowest BCUT2D eigenvalue weighted by molar-refractivity contribution is -0.159. The van der Waals surface area contributed by atoms with Gasteiger partial charge in [-0.2, -0.15) is 0 Å². The molecule has 1 aliphatic heterocycles. The first-order valence-electron chi connectivity index (χ1n) is 11.4. The highest BCUT2D eigenvalue weighted by molar-refractivity contribution is 6.50. The van der Waals surface area contributed by atoms with E-state index in [1.165, 1.54) is 18.6 Å². The van der Waals surface area contributed by atoms with Crippen LogP contribution in [-0.2, 0) is 30.1 Å². The van der Waals surface area contributed by atoms with Crippen LogP contribution >= 0.6 is 0 Å². The van der Waals surface area contributed by atoms with E-state index < -0.39 is 55.0 Å². The first-order valence-corrected chi connectivity index (χ1v) is 11.4. The molecule has 36 heavy (non-hydrogen) atoms. The fourth-order valence-corrected chi connectivity index (χ4v) is 3.70. The van der Waals surface area contributed by atoms with Crippen LogP contribution in [0.25, 0.3) is 0 Å². The average Bonchev–Trinajstić information content (AvgIpc) is 2.85. The number of hydrogen-bond acceptors (Lipinski definition) is 9. The van der Waals surface area contributed by atoms with Gasteiger partial charge in [-0.15, -0.1) is 0 Å². The number of carboxylic acids is 1. The molecule has 2 heterocycles. The molecular weight excluding hydrogens is 469 g/mol. The van der Waals surface area contributed by atoms with E-state index in [-0.39, 0.29) is 18.0 Å². The van der Waals surface area contributed by atoms with Crippen LogP contribution < -0.4 is 16.4 Å². The van der Waals surface area contributed by atoms with Gasteiger partial charge in [0.05, 0.1) is 12.1 Å². The van der Waals surface area contributed by atoms with E-state index in [2.05, 4.69) is 20.6 Å². The number of benzene rings is 1. The van der Waals surface area contributed by atoms with Crippen LogP contribution in [-0.4, -0.2) is 70.1 Å². The maximum Gasteiger partial charge on any atom is 0.552 e. The lowest BCUT2D eigenvalue weighted by atomic mass is 9.72. The van der Waals surface area contributed by atoms with Crippen molar-refractivity contribution >= 4 is 30.9 Å². The van der Waals surface area contributed by atoms with Gasteiger partial charge in [-0.3, -0.25) is 19.4 Å². The number of carboxylic acid groups (broad SMARTS) is 1. The van der Waals surface area contributed by atoms with E-state index in [9.17, 15) is 24.3 Å². The zero-order valence-electron chi connectivity index (χ0n) is 19.9. The highest BCUT2D eigenvalue weighted by Crippen LogP contribution is 2.18. The van der Waals surface area contributed by atoms with E-state index in [1.54, 1.807) is 12.1 Å². The minimum absolute atomic E-state index is 0.0123. The Balaban J connectivity index is 1.82. The lowest BCUT2D eigenvalue weighted by Crippen LogP contribution is -2.64. The molecule has 1 aromatic carbocycles. The number of carbonyl (C=O) groups is 4. The lowest BCUT2D eigenvalue weighted by Gasteiger charge is -2.34. The number of nitrogens with two attached hydrogens (primary N) is 1. The molecule has 1 unspecified atom stereocenters. The number of nitrogens with zero attached hydrogens (tertiary/aromatic N) is 2. The van der Waals surface area contributed by atoms with Crippen LogP contribution in [0.4, 0.5) is 0 Å². The van der Waals surface area contributed by atoms with Crippen LogP contribution in [0.5, 0.6) is 0 Å². The molecule has 13 heteroatoms. The quantitative estimate of drug-likeness (QED) is 0.319. The molecule has 0 radical (unpaired) electrons. The molecule has 0 aliphatic carbocycles. The van der Waals surface area contributed by atoms with Crippen molar-refractivity contribution in [3.63, 3.8) is 0 Å².